The summed E-state index contributed by atoms with van der Waals surface area (Å²) in [7, 11) is 0. The molecule has 3 rings (SSSR count). The van der Waals surface area contributed by atoms with Gasteiger partial charge in [-0.05, 0) is 6.92 Å². The molecule has 96 valence electrons. The van der Waals surface area contributed by atoms with Gasteiger partial charge >= 0.3 is 0 Å². The number of rotatable bonds is 2. The lowest BCUT2D eigenvalue weighted by molar-refractivity contribution is 0.297. The number of fused-ring (bicyclic) bond motifs is 2. The molecule has 1 aromatic carbocycles. The summed E-state index contributed by atoms with van der Waals surface area (Å²) in [6.45, 7) is 3.35. The van der Waals surface area contributed by atoms with Crippen LogP contribution in [0.4, 0.5) is 0 Å². The Balaban J connectivity index is 2.01. The molecule has 1 aliphatic heterocycles. The van der Waals surface area contributed by atoms with E-state index in [2.05, 4.69) is 9.97 Å². The van der Waals surface area contributed by atoms with Crippen LogP contribution in [0.25, 0.3) is 11.0 Å². The zero-order valence-corrected chi connectivity index (χ0v) is 10.4. The number of aromatic nitrogens is 2. The van der Waals surface area contributed by atoms with Crippen LogP contribution in [0.2, 0.25) is 0 Å². The second-order valence-corrected chi connectivity index (χ2v) is 4.73. The van der Waals surface area contributed by atoms with Crippen molar-refractivity contribution >= 4 is 11.0 Å². The molecule has 1 aromatic heterocycles. The van der Waals surface area contributed by atoms with Crippen molar-refractivity contribution in [2.75, 3.05) is 13.2 Å². The third-order valence-corrected chi connectivity index (χ3v) is 2.92. The molecule has 2 heterocycles. The second kappa shape index (κ2) is 4.49. The summed E-state index contributed by atoms with van der Waals surface area (Å²) in [6.07, 6.45) is 1.65. The fourth-order valence-corrected chi connectivity index (χ4v) is 2.12. The van der Waals surface area contributed by atoms with Gasteiger partial charge in [0.15, 0.2) is 11.5 Å². The second-order valence-electron chi connectivity index (χ2n) is 4.73. The number of nitrogens with zero attached hydrogens (tertiary/aromatic N) is 1. The third-order valence-electron chi connectivity index (χ3n) is 2.92. The number of aromatic amines is 1. The van der Waals surface area contributed by atoms with Gasteiger partial charge in [0.1, 0.15) is 5.82 Å². The number of hydrogen-bond donors (Lipinski definition) is 2. The Kier molecular flexibility index (Phi) is 2.83. The van der Waals surface area contributed by atoms with E-state index in [1.165, 1.54) is 0 Å². The van der Waals surface area contributed by atoms with Gasteiger partial charge in [-0.2, -0.15) is 0 Å². The Morgan fingerprint density at radius 2 is 2.06 bits per heavy atom. The third kappa shape index (κ3) is 2.13. The minimum absolute atomic E-state index is 0.0934. The fraction of sp³-hybridized carbons (Fsp3) is 0.462. The van der Waals surface area contributed by atoms with Crippen molar-refractivity contribution in [1.29, 1.82) is 0 Å². The molecule has 1 atom stereocenters. The predicted molar refractivity (Wildman–Crippen MR) is 69.1 cm³/mol. The highest BCUT2D eigenvalue weighted by molar-refractivity contribution is 5.79. The van der Waals surface area contributed by atoms with Crippen molar-refractivity contribution in [2.45, 2.75) is 25.8 Å². The number of H-pyrrole nitrogens is 1. The molecule has 2 aromatic rings. The average Bonchev–Trinajstić information content (AvgIpc) is 2.54. The standard InChI is InChI=1S/C13H17N3O2/c1-8(14)5-13-15-9-6-11-12(7-10(9)16-13)18-4-2-3-17-11/h6-8H,2-5,14H2,1H3,(H,15,16). The van der Waals surface area contributed by atoms with Gasteiger partial charge in [-0.1, -0.05) is 0 Å². The SMILES string of the molecule is CC(N)Cc1nc2cc3c(cc2[nH]1)OCCCO3. The number of hydrogen-bond acceptors (Lipinski definition) is 4. The number of nitrogens with one attached hydrogen (secondary N) is 1. The van der Waals surface area contributed by atoms with E-state index in [0.717, 1.165) is 41.2 Å². The molecule has 0 radical (unpaired) electrons. The molecule has 0 bridgehead atoms. The largest absolute Gasteiger partial charge is 0.489 e. The van der Waals surface area contributed by atoms with Crippen molar-refractivity contribution in [1.82, 2.24) is 9.97 Å². The number of imidazole rings is 1. The highest BCUT2D eigenvalue weighted by Crippen LogP contribution is 2.33. The van der Waals surface area contributed by atoms with Crippen molar-refractivity contribution in [3.05, 3.63) is 18.0 Å². The summed E-state index contributed by atoms with van der Waals surface area (Å²) in [4.78, 5) is 7.79. The molecule has 0 fully saturated rings. The molecule has 0 saturated carbocycles. The van der Waals surface area contributed by atoms with Gasteiger partial charge in [0.2, 0.25) is 0 Å². The van der Waals surface area contributed by atoms with Crippen LogP contribution in [0.15, 0.2) is 12.1 Å². The van der Waals surface area contributed by atoms with Gasteiger partial charge in [-0.25, -0.2) is 4.98 Å². The Hall–Kier alpha value is -1.75. The van der Waals surface area contributed by atoms with E-state index < -0.39 is 0 Å². The molecular weight excluding hydrogens is 230 g/mol. The Bertz CT molecular complexity index is 520. The van der Waals surface area contributed by atoms with E-state index in [-0.39, 0.29) is 6.04 Å². The van der Waals surface area contributed by atoms with Crippen LogP contribution < -0.4 is 15.2 Å². The van der Waals surface area contributed by atoms with Crippen molar-refractivity contribution < 1.29 is 9.47 Å². The van der Waals surface area contributed by atoms with E-state index in [1.807, 2.05) is 19.1 Å². The maximum atomic E-state index is 5.78. The molecule has 5 nitrogen and oxygen atoms in total. The first-order valence-corrected chi connectivity index (χ1v) is 6.26. The molecule has 0 saturated heterocycles. The van der Waals surface area contributed by atoms with E-state index >= 15 is 0 Å². The van der Waals surface area contributed by atoms with Gasteiger partial charge in [-0.3, -0.25) is 0 Å². The first kappa shape index (κ1) is 11.3. The van der Waals surface area contributed by atoms with Crippen LogP contribution in [0, 0.1) is 0 Å². The Labute approximate surface area is 105 Å². The average molecular weight is 247 g/mol. The Morgan fingerprint density at radius 1 is 1.33 bits per heavy atom. The lowest BCUT2D eigenvalue weighted by Crippen LogP contribution is -2.18. The normalized spacial score (nSPS) is 16.6. The van der Waals surface area contributed by atoms with E-state index in [9.17, 15) is 0 Å². The monoisotopic (exact) mass is 247 g/mol. The highest BCUT2D eigenvalue weighted by Gasteiger charge is 2.14. The highest BCUT2D eigenvalue weighted by atomic mass is 16.5. The number of ether oxygens (including phenoxy) is 2. The summed E-state index contributed by atoms with van der Waals surface area (Å²) < 4.78 is 11.3. The maximum absolute atomic E-state index is 5.78. The molecule has 0 aliphatic carbocycles. The summed E-state index contributed by atoms with van der Waals surface area (Å²) in [6, 6.07) is 3.97. The number of benzene rings is 1. The van der Waals surface area contributed by atoms with E-state index in [1.54, 1.807) is 0 Å². The van der Waals surface area contributed by atoms with Gasteiger partial charge < -0.3 is 20.2 Å². The van der Waals surface area contributed by atoms with Gasteiger partial charge in [-0.15, -0.1) is 0 Å². The molecule has 1 aliphatic rings. The maximum Gasteiger partial charge on any atom is 0.163 e. The van der Waals surface area contributed by atoms with Crippen LogP contribution in [-0.4, -0.2) is 29.2 Å². The summed E-state index contributed by atoms with van der Waals surface area (Å²) in [5.41, 5.74) is 7.65. The molecule has 0 spiro atoms. The van der Waals surface area contributed by atoms with Crippen LogP contribution in [-0.2, 0) is 6.42 Å². The van der Waals surface area contributed by atoms with Gasteiger partial charge in [0, 0.05) is 31.0 Å². The topological polar surface area (TPSA) is 73.2 Å². The minimum atomic E-state index is 0.0934. The van der Waals surface area contributed by atoms with Crippen LogP contribution >= 0.6 is 0 Å². The summed E-state index contributed by atoms with van der Waals surface area (Å²) >= 11 is 0. The van der Waals surface area contributed by atoms with Crippen LogP contribution in [0.1, 0.15) is 19.2 Å². The first-order chi connectivity index (χ1) is 8.72. The number of nitrogens with two attached hydrogens (primary N) is 1. The molecule has 0 amide bonds. The quantitative estimate of drug-likeness (QED) is 0.845. The van der Waals surface area contributed by atoms with Crippen molar-refractivity contribution in [2.24, 2.45) is 5.73 Å². The van der Waals surface area contributed by atoms with E-state index in [0.29, 0.717) is 13.2 Å². The van der Waals surface area contributed by atoms with Crippen LogP contribution in [0.3, 0.4) is 0 Å². The lowest BCUT2D eigenvalue weighted by Gasteiger charge is -2.05. The van der Waals surface area contributed by atoms with Crippen molar-refractivity contribution in [3.63, 3.8) is 0 Å². The zero-order valence-electron chi connectivity index (χ0n) is 10.4. The predicted octanol–water partition coefficient (Wildman–Crippen LogP) is 1.61. The minimum Gasteiger partial charge on any atom is -0.489 e. The van der Waals surface area contributed by atoms with E-state index in [4.69, 9.17) is 15.2 Å². The summed E-state index contributed by atoms with van der Waals surface area (Å²) in [5.74, 6) is 2.47. The summed E-state index contributed by atoms with van der Waals surface area (Å²) in [5, 5.41) is 0. The molecule has 5 heteroatoms. The lowest BCUT2D eigenvalue weighted by atomic mass is 10.2. The first-order valence-electron chi connectivity index (χ1n) is 6.26. The fourth-order valence-electron chi connectivity index (χ4n) is 2.12. The smallest absolute Gasteiger partial charge is 0.163 e. The molecule has 3 N–H and O–H groups in total. The van der Waals surface area contributed by atoms with Crippen molar-refractivity contribution in [3.8, 4) is 11.5 Å². The zero-order chi connectivity index (χ0) is 12.5. The Morgan fingerprint density at radius 3 is 2.78 bits per heavy atom. The molecule has 18 heavy (non-hydrogen) atoms. The molecular formula is C13H17N3O2. The van der Waals surface area contributed by atoms with Gasteiger partial charge in [0.05, 0.1) is 24.2 Å². The van der Waals surface area contributed by atoms with Crippen LogP contribution in [0.5, 0.6) is 11.5 Å². The van der Waals surface area contributed by atoms with Gasteiger partial charge in [0.25, 0.3) is 0 Å². The molecule has 1 unspecified atom stereocenters.